The van der Waals surface area contributed by atoms with Crippen LogP contribution < -0.4 is 15.1 Å². The smallest absolute Gasteiger partial charge is 0.193 e. The molecular weight excluding hydrogens is 612 g/mol. The molecule has 2 aromatic carbocycles. The van der Waals surface area contributed by atoms with Gasteiger partial charge < -0.3 is 44.7 Å². The maximum absolute atomic E-state index is 13.2. The third kappa shape index (κ3) is 6.31. The SMILES string of the molecule is Cc1cc(=O)c2cc3c(c(N4C=C5C=CN=C5C4)c2o1)OC(C)(C)C(OOCC(O)(Cc1ccc(O)cc1)C(O)C(O)C(O)CO)C3. The van der Waals surface area contributed by atoms with Gasteiger partial charge in [0.1, 0.15) is 59.4 Å². The van der Waals surface area contributed by atoms with Gasteiger partial charge in [0, 0.05) is 42.4 Å². The van der Waals surface area contributed by atoms with E-state index in [9.17, 15) is 35.4 Å². The molecule has 5 atom stereocenters. The third-order valence-corrected chi connectivity index (χ3v) is 8.81. The Morgan fingerprint density at radius 1 is 1.17 bits per heavy atom. The fraction of sp³-hybridized carbons (Fsp3) is 0.412. The number of phenols is 1. The molecule has 0 saturated carbocycles. The molecular formula is C34H38N2O11. The number of allylic oxidation sites excluding steroid dienone is 1. The molecule has 0 fully saturated rings. The van der Waals surface area contributed by atoms with Crippen LogP contribution in [0.5, 0.6) is 11.5 Å². The van der Waals surface area contributed by atoms with Gasteiger partial charge in [-0.25, -0.2) is 9.78 Å². The topological polar surface area (TPSA) is 195 Å². The average Bonchev–Trinajstić information content (AvgIpc) is 3.63. The van der Waals surface area contributed by atoms with E-state index >= 15 is 0 Å². The second kappa shape index (κ2) is 12.5. The lowest BCUT2D eigenvalue weighted by molar-refractivity contribution is -0.369. The number of phenolic OH excluding ortho intramolecular Hbond substituents is 1. The minimum atomic E-state index is -2.21. The summed E-state index contributed by atoms with van der Waals surface area (Å²) in [6.45, 7) is 4.25. The highest BCUT2D eigenvalue weighted by Crippen LogP contribution is 2.47. The van der Waals surface area contributed by atoms with Crippen molar-refractivity contribution in [2.24, 2.45) is 4.99 Å². The van der Waals surface area contributed by atoms with Crippen LogP contribution in [0.15, 0.2) is 74.7 Å². The van der Waals surface area contributed by atoms with Crippen molar-refractivity contribution in [3.05, 3.63) is 87.6 Å². The Morgan fingerprint density at radius 2 is 1.91 bits per heavy atom. The molecule has 3 aliphatic rings. The number of aliphatic imine (C=N–C) groups is 1. The van der Waals surface area contributed by atoms with Gasteiger partial charge in [-0.05, 0) is 50.6 Å². The van der Waals surface area contributed by atoms with Crippen LogP contribution >= 0.6 is 0 Å². The number of aryl methyl sites for hydroxylation is 1. The van der Waals surface area contributed by atoms with Crippen LogP contribution in [0, 0.1) is 6.92 Å². The van der Waals surface area contributed by atoms with Crippen molar-refractivity contribution >= 4 is 22.4 Å². The largest absolute Gasteiger partial charge is 0.508 e. The van der Waals surface area contributed by atoms with Crippen molar-refractivity contribution in [3.8, 4) is 11.5 Å². The van der Waals surface area contributed by atoms with Crippen LogP contribution in [-0.4, -0.2) is 91.7 Å². The van der Waals surface area contributed by atoms with Crippen molar-refractivity contribution in [2.45, 2.75) is 69.2 Å². The van der Waals surface area contributed by atoms with E-state index in [2.05, 4.69) is 4.99 Å². The molecule has 13 heteroatoms. The van der Waals surface area contributed by atoms with Crippen LogP contribution in [0.3, 0.4) is 0 Å². The second-order valence-corrected chi connectivity index (χ2v) is 12.8. The van der Waals surface area contributed by atoms with Gasteiger partial charge >= 0.3 is 0 Å². The number of ether oxygens (including phenoxy) is 1. The van der Waals surface area contributed by atoms with E-state index in [1.807, 2.05) is 17.2 Å². The number of fused-ring (bicyclic) bond motifs is 3. The summed E-state index contributed by atoms with van der Waals surface area (Å²) in [7, 11) is 0. The van der Waals surface area contributed by atoms with Gasteiger partial charge in [0.25, 0.3) is 0 Å². The van der Waals surface area contributed by atoms with Crippen LogP contribution in [-0.2, 0) is 22.6 Å². The zero-order valence-corrected chi connectivity index (χ0v) is 26.2. The number of aliphatic hydroxyl groups is 5. The first-order chi connectivity index (χ1) is 22.3. The van der Waals surface area contributed by atoms with Gasteiger partial charge in [-0.1, -0.05) is 12.1 Å². The molecule has 6 N–H and O–H groups in total. The number of hydrogen-bond acceptors (Lipinski definition) is 13. The molecule has 0 amide bonds. The Hall–Kier alpha value is -4.08. The minimum Gasteiger partial charge on any atom is -0.508 e. The third-order valence-electron chi connectivity index (χ3n) is 8.81. The summed E-state index contributed by atoms with van der Waals surface area (Å²) in [4.78, 5) is 30.9. The quantitative estimate of drug-likeness (QED) is 0.130. The molecule has 0 radical (unpaired) electrons. The Morgan fingerprint density at radius 3 is 2.62 bits per heavy atom. The molecule has 3 aromatic rings. The first-order valence-corrected chi connectivity index (χ1v) is 15.2. The molecule has 5 unspecified atom stereocenters. The first kappa shape index (κ1) is 32.8. The van der Waals surface area contributed by atoms with E-state index in [0.717, 1.165) is 11.3 Å². The van der Waals surface area contributed by atoms with Crippen LogP contribution in [0.25, 0.3) is 11.0 Å². The first-order valence-electron chi connectivity index (χ1n) is 15.2. The molecule has 0 saturated heterocycles. The van der Waals surface area contributed by atoms with E-state index in [1.54, 1.807) is 33.0 Å². The molecule has 47 heavy (non-hydrogen) atoms. The average molecular weight is 651 g/mol. The van der Waals surface area contributed by atoms with Crippen molar-refractivity contribution in [1.82, 2.24) is 0 Å². The summed E-state index contributed by atoms with van der Waals surface area (Å²) >= 11 is 0. The van der Waals surface area contributed by atoms with E-state index < -0.39 is 48.8 Å². The van der Waals surface area contributed by atoms with Gasteiger partial charge in [0.05, 0.1) is 24.2 Å². The van der Waals surface area contributed by atoms with Gasteiger partial charge in [0.2, 0.25) is 0 Å². The molecule has 250 valence electrons. The molecule has 0 spiro atoms. The predicted molar refractivity (Wildman–Crippen MR) is 170 cm³/mol. The number of rotatable bonds is 11. The summed E-state index contributed by atoms with van der Waals surface area (Å²) in [5.41, 5.74) is 0.513. The fourth-order valence-corrected chi connectivity index (χ4v) is 6.09. The molecule has 6 rings (SSSR count). The standard InChI is InChI=1S/C34H38N2O11/c1-18-10-25(39)23-11-21-12-27(33(2,3)46-30(21)28(31(23)45-18)36-14-20-8-9-35-24(20)15-36)47-44-17-34(43,32(42)29(41)26(40)16-37)13-19-4-6-22(38)7-5-19/h4-11,14,26-27,29,32,37-38,40-43H,12-13,15-17H2,1-3H3. The molecule has 1 aromatic heterocycles. The number of benzene rings is 2. The van der Waals surface area contributed by atoms with Crippen LogP contribution in [0.4, 0.5) is 5.69 Å². The summed E-state index contributed by atoms with van der Waals surface area (Å²) < 4.78 is 12.7. The van der Waals surface area contributed by atoms with Crippen LogP contribution in [0.2, 0.25) is 0 Å². The Kier molecular flexibility index (Phi) is 8.74. The molecule has 3 aliphatic heterocycles. The van der Waals surface area contributed by atoms with Crippen molar-refractivity contribution in [1.29, 1.82) is 0 Å². The van der Waals surface area contributed by atoms with E-state index in [1.165, 1.54) is 30.3 Å². The van der Waals surface area contributed by atoms with E-state index in [4.69, 9.17) is 18.9 Å². The number of aromatic hydroxyl groups is 1. The highest BCUT2D eigenvalue weighted by atomic mass is 17.2. The summed E-state index contributed by atoms with van der Waals surface area (Å²) in [6.07, 6.45) is -0.857. The summed E-state index contributed by atoms with van der Waals surface area (Å²) in [6, 6.07) is 8.97. The lowest BCUT2D eigenvalue weighted by atomic mass is 9.85. The lowest BCUT2D eigenvalue weighted by Gasteiger charge is -2.41. The number of nitrogens with zero attached hydrogens (tertiary/aromatic N) is 2. The maximum atomic E-state index is 13.2. The molecule has 13 nitrogen and oxygen atoms in total. The monoisotopic (exact) mass is 650 g/mol. The van der Waals surface area contributed by atoms with Gasteiger partial charge in [-0.15, -0.1) is 0 Å². The highest BCUT2D eigenvalue weighted by Gasteiger charge is 2.46. The van der Waals surface area contributed by atoms with Gasteiger partial charge in [0.15, 0.2) is 16.8 Å². The maximum Gasteiger partial charge on any atom is 0.193 e. The Bertz CT molecular complexity index is 1810. The summed E-state index contributed by atoms with van der Waals surface area (Å²) in [5.74, 6) is 0.959. The number of hydrogen-bond donors (Lipinski definition) is 6. The highest BCUT2D eigenvalue weighted by molar-refractivity contribution is 6.12. The van der Waals surface area contributed by atoms with Crippen molar-refractivity contribution < 1.29 is 49.6 Å². The van der Waals surface area contributed by atoms with Crippen molar-refractivity contribution in [3.63, 3.8) is 0 Å². The molecule has 0 bridgehead atoms. The van der Waals surface area contributed by atoms with Gasteiger partial charge in [-0.3, -0.25) is 9.79 Å². The van der Waals surface area contributed by atoms with Crippen molar-refractivity contribution in [2.75, 3.05) is 24.7 Å². The fourth-order valence-electron chi connectivity index (χ4n) is 6.09. The van der Waals surface area contributed by atoms with E-state index in [0.29, 0.717) is 45.8 Å². The van der Waals surface area contributed by atoms with Crippen LogP contribution in [0.1, 0.15) is 30.7 Å². The lowest BCUT2D eigenvalue weighted by Crippen LogP contribution is -2.57. The molecule has 4 heterocycles. The minimum absolute atomic E-state index is 0.00774. The number of anilines is 1. The zero-order chi connectivity index (χ0) is 33.7. The number of aliphatic hydroxyl groups excluding tert-OH is 4. The predicted octanol–water partition coefficient (Wildman–Crippen LogP) is 1.56. The zero-order valence-electron chi connectivity index (χ0n) is 26.2. The Labute approximate surface area is 269 Å². The Balaban J connectivity index is 1.28. The normalized spacial score (nSPS) is 21.4. The second-order valence-electron chi connectivity index (χ2n) is 12.8. The van der Waals surface area contributed by atoms with Gasteiger partial charge in [-0.2, -0.15) is 0 Å². The summed E-state index contributed by atoms with van der Waals surface area (Å²) in [5, 5.41) is 62.2. The molecule has 0 aliphatic carbocycles. The van der Waals surface area contributed by atoms with E-state index in [-0.39, 0.29) is 24.0 Å².